The Labute approximate surface area is 112 Å². The van der Waals surface area contributed by atoms with E-state index in [1.807, 2.05) is 0 Å². The van der Waals surface area contributed by atoms with Gasteiger partial charge in [-0.3, -0.25) is 4.90 Å². The largest absolute Gasteiger partial charge is 0.389 e. The van der Waals surface area contributed by atoms with Crippen LogP contribution in [0.25, 0.3) is 0 Å². The molecule has 4 nitrogen and oxygen atoms in total. The molecule has 0 aromatic heterocycles. The molecule has 1 aliphatic heterocycles. The van der Waals surface area contributed by atoms with Gasteiger partial charge in [-0.2, -0.15) is 0 Å². The van der Waals surface area contributed by atoms with Crippen LogP contribution in [0.15, 0.2) is 0 Å². The first-order chi connectivity index (χ1) is 8.46. The maximum Gasteiger partial charge on any atom is 0.0900 e. The van der Waals surface area contributed by atoms with Crippen molar-refractivity contribution in [2.75, 3.05) is 45.9 Å². The predicted molar refractivity (Wildman–Crippen MR) is 74.9 cm³/mol. The number of rotatable bonds is 7. The molecule has 0 bridgehead atoms. The molecular weight excluding hydrogens is 228 g/mol. The minimum atomic E-state index is -0.371. The SMILES string of the molecule is CCN1CCN(C[C@H](O)COC(C)(C)CC)CC1. The normalized spacial score (nSPS) is 21.2. The van der Waals surface area contributed by atoms with Crippen molar-refractivity contribution >= 4 is 0 Å². The molecule has 0 radical (unpaired) electrons. The summed E-state index contributed by atoms with van der Waals surface area (Å²) >= 11 is 0. The monoisotopic (exact) mass is 258 g/mol. The zero-order valence-corrected chi connectivity index (χ0v) is 12.5. The maximum absolute atomic E-state index is 10.0. The number of β-amino-alcohol motifs (C(OH)–C–C–N with tert-alkyl or cyclic N) is 1. The lowest BCUT2D eigenvalue weighted by Gasteiger charge is -2.35. The molecule has 1 N–H and O–H groups in total. The lowest BCUT2D eigenvalue weighted by atomic mass is 10.1. The molecule has 0 spiro atoms. The van der Waals surface area contributed by atoms with Gasteiger partial charge in [-0.15, -0.1) is 0 Å². The van der Waals surface area contributed by atoms with E-state index < -0.39 is 0 Å². The third-order valence-corrected chi connectivity index (χ3v) is 3.90. The minimum Gasteiger partial charge on any atom is -0.389 e. The van der Waals surface area contributed by atoms with Crippen molar-refractivity contribution < 1.29 is 9.84 Å². The molecule has 0 aromatic rings. The van der Waals surface area contributed by atoms with Crippen molar-refractivity contribution in [3.05, 3.63) is 0 Å². The zero-order chi connectivity index (χ0) is 13.6. The van der Waals surface area contributed by atoms with Crippen LogP contribution in [-0.2, 0) is 4.74 Å². The van der Waals surface area contributed by atoms with E-state index in [0.29, 0.717) is 6.61 Å². The molecule has 0 aromatic carbocycles. The van der Waals surface area contributed by atoms with Crippen LogP contribution in [0, 0.1) is 0 Å². The molecule has 1 saturated heterocycles. The van der Waals surface area contributed by atoms with Crippen molar-refractivity contribution in [2.45, 2.75) is 45.8 Å². The first-order valence-corrected chi connectivity index (χ1v) is 7.23. The third-order valence-electron chi connectivity index (χ3n) is 3.90. The highest BCUT2D eigenvalue weighted by Crippen LogP contribution is 2.14. The predicted octanol–water partition coefficient (Wildman–Crippen LogP) is 1.19. The smallest absolute Gasteiger partial charge is 0.0900 e. The van der Waals surface area contributed by atoms with Crippen molar-refractivity contribution in [1.82, 2.24) is 9.80 Å². The summed E-state index contributed by atoms with van der Waals surface area (Å²) in [6.45, 7) is 15.1. The molecule has 1 heterocycles. The number of aliphatic hydroxyl groups is 1. The zero-order valence-electron chi connectivity index (χ0n) is 12.5. The summed E-state index contributed by atoms with van der Waals surface area (Å²) in [4.78, 5) is 4.78. The number of piperazine rings is 1. The Bertz CT molecular complexity index is 226. The van der Waals surface area contributed by atoms with Gasteiger partial charge in [0.1, 0.15) is 0 Å². The summed E-state index contributed by atoms with van der Waals surface area (Å²) in [6.07, 6.45) is 0.596. The fourth-order valence-corrected chi connectivity index (χ4v) is 2.06. The topological polar surface area (TPSA) is 35.9 Å². The summed E-state index contributed by atoms with van der Waals surface area (Å²) in [5, 5.41) is 10.0. The van der Waals surface area contributed by atoms with E-state index in [4.69, 9.17) is 4.74 Å². The molecule has 0 amide bonds. The Kier molecular flexibility index (Phi) is 6.57. The number of likely N-dealkylation sites (N-methyl/N-ethyl adjacent to an activating group) is 1. The summed E-state index contributed by atoms with van der Waals surface area (Å²) in [7, 11) is 0. The third kappa shape index (κ3) is 5.65. The van der Waals surface area contributed by atoms with Gasteiger partial charge in [0.25, 0.3) is 0 Å². The molecule has 108 valence electrons. The van der Waals surface area contributed by atoms with E-state index in [9.17, 15) is 5.11 Å². The second kappa shape index (κ2) is 7.43. The van der Waals surface area contributed by atoms with E-state index in [1.165, 1.54) is 0 Å². The van der Waals surface area contributed by atoms with Crippen molar-refractivity contribution in [3.8, 4) is 0 Å². The van der Waals surface area contributed by atoms with Gasteiger partial charge in [0.2, 0.25) is 0 Å². The molecular formula is C14H30N2O2. The lowest BCUT2D eigenvalue weighted by Crippen LogP contribution is -2.49. The number of hydrogen-bond acceptors (Lipinski definition) is 4. The summed E-state index contributed by atoms with van der Waals surface area (Å²) in [5.41, 5.74) is -0.123. The van der Waals surface area contributed by atoms with Crippen LogP contribution < -0.4 is 0 Å². The van der Waals surface area contributed by atoms with Gasteiger partial charge in [0.05, 0.1) is 18.3 Å². The molecule has 0 unspecified atom stereocenters. The second-order valence-electron chi connectivity index (χ2n) is 5.81. The molecule has 1 aliphatic rings. The summed E-state index contributed by atoms with van der Waals surface area (Å²) < 4.78 is 5.74. The maximum atomic E-state index is 10.0. The van der Waals surface area contributed by atoms with E-state index in [-0.39, 0.29) is 11.7 Å². The Morgan fingerprint density at radius 1 is 1.11 bits per heavy atom. The quantitative estimate of drug-likeness (QED) is 0.744. The van der Waals surface area contributed by atoms with Crippen LogP contribution in [0.5, 0.6) is 0 Å². The Morgan fingerprint density at radius 2 is 1.67 bits per heavy atom. The molecule has 18 heavy (non-hydrogen) atoms. The van der Waals surface area contributed by atoms with Crippen LogP contribution in [0.1, 0.15) is 34.1 Å². The highest BCUT2D eigenvalue weighted by Gasteiger charge is 2.21. The Balaban J connectivity index is 2.19. The highest BCUT2D eigenvalue weighted by atomic mass is 16.5. The van der Waals surface area contributed by atoms with E-state index in [0.717, 1.165) is 45.7 Å². The van der Waals surface area contributed by atoms with Crippen molar-refractivity contribution in [3.63, 3.8) is 0 Å². The van der Waals surface area contributed by atoms with Crippen LogP contribution >= 0.6 is 0 Å². The first kappa shape index (κ1) is 15.9. The van der Waals surface area contributed by atoms with Crippen LogP contribution in [-0.4, -0.2) is 72.5 Å². The summed E-state index contributed by atoms with van der Waals surface area (Å²) in [6, 6.07) is 0. The molecule has 4 heteroatoms. The Morgan fingerprint density at radius 3 is 2.17 bits per heavy atom. The van der Waals surface area contributed by atoms with Gasteiger partial charge in [0.15, 0.2) is 0 Å². The van der Waals surface area contributed by atoms with E-state index in [2.05, 4.69) is 37.5 Å². The van der Waals surface area contributed by atoms with E-state index in [1.54, 1.807) is 0 Å². The molecule has 1 atom stereocenters. The second-order valence-corrected chi connectivity index (χ2v) is 5.81. The van der Waals surface area contributed by atoms with Crippen LogP contribution in [0.3, 0.4) is 0 Å². The first-order valence-electron chi connectivity index (χ1n) is 7.23. The number of nitrogens with zero attached hydrogens (tertiary/aromatic N) is 2. The highest BCUT2D eigenvalue weighted by molar-refractivity contribution is 4.74. The van der Waals surface area contributed by atoms with Crippen molar-refractivity contribution in [2.24, 2.45) is 0 Å². The fourth-order valence-electron chi connectivity index (χ4n) is 2.06. The molecule has 1 rings (SSSR count). The van der Waals surface area contributed by atoms with Gasteiger partial charge >= 0.3 is 0 Å². The van der Waals surface area contributed by atoms with Gasteiger partial charge < -0.3 is 14.7 Å². The number of aliphatic hydroxyl groups excluding tert-OH is 1. The minimum absolute atomic E-state index is 0.123. The molecule has 0 saturated carbocycles. The van der Waals surface area contributed by atoms with Gasteiger partial charge in [-0.25, -0.2) is 0 Å². The number of hydrogen-bond donors (Lipinski definition) is 1. The summed E-state index contributed by atoms with van der Waals surface area (Å²) in [5.74, 6) is 0. The van der Waals surface area contributed by atoms with Gasteiger partial charge in [-0.1, -0.05) is 13.8 Å². The van der Waals surface area contributed by atoms with Crippen molar-refractivity contribution in [1.29, 1.82) is 0 Å². The molecule has 0 aliphatic carbocycles. The van der Waals surface area contributed by atoms with Crippen LogP contribution in [0.2, 0.25) is 0 Å². The Hall–Kier alpha value is -0.160. The van der Waals surface area contributed by atoms with Gasteiger partial charge in [0, 0.05) is 32.7 Å². The number of ether oxygens (including phenoxy) is 1. The fraction of sp³-hybridized carbons (Fsp3) is 1.00. The molecule has 1 fully saturated rings. The van der Waals surface area contributed by atoms with Gasteiger partial charge in [-0.05, 0) is 26.8 Å². The van der Waals surface area contributed by atoms with E-state index >= 15 is 0 Å². The standard InChI is InChI=1S/C14H30N2O2/c1-5-14(3,4)18-12-13(17)11-16-9-7-15(6-2)8-10-16/h13,17H,5-12H2,1-4H3/t13-/m0/s1. The average molecular weight is 258 g/mol. The van der Waals surface area contributed by atoms with Crippen LogP contribution in [0.4, 0.5) is 0 Å². The average Bonchev–Trinajstić information content (AvgIpc) is 2.37. The lowest BCUT2D eigenvalue weighted by molar-refractivity contribution is -0.0691.